The standard InChI is InChI=1S/C17H14ClNO4/c1-23-14-8-2-11(3-9-14)16(20)10-15(17(21)22)19-13-6-4-12(18)5-7-13/h2-10,19H,1H3,(H,21,22)/b15-10+. The fourth-order valence-electron chi connectivity index (χ4n) is 1.81. The van der Waals surface area contributed by atoms with Crippen molar-refractivity contribution in [1.29, 1.82) is 0 Å². The molecule has 2 rings (SSSR count). The van der Waals surface area contributed by atoms with Crippen LogP contribution < -0.4 is 10.1 Å². The molecule has 0 unspecified atom stereocenters. The third-order valence-electron chi connectivity index (χ3n) is 3.00. The van der Waals surface area contributed by atoms with Crippen molar-refractivity contribution in [2.75, 3.05) is 12.4 Å². The second-order valence-electron chi connectivity index (χ2n) is 4.59. The lowest BCUT2D eigenvalue weighted by atomic mass is 10.1. The van der Waals surface area contributed by atoms with Crippen LogP contribution in [0.4, 0.5) is 5.69 Å². The maximum Gasteiger partial charge on any atom is 0.352 e. The number of benzene rings is 2. The van der Waals surface area contributed by atoms with Crippen molar-refractivity contribution in [3.8, 4) is 5.75 Å². The number of nitrogens with one attached hydrogen (secondary N) is 1. The normalized spacial score (nSPS) is 11.0. The number of aliphatic carboxylic acids is 1. The quantitative estimate of drug-likeness (QED) is 0.624. The first-order chi connectivity index (χ1) is 11.0. The van der Waals surface area contributed by atoms with Crippen LogP contribution in [-0.2, 0) is 4.79 Å². The molecule has 0 aliphatic rings. The summed E-state index contributed by atoms with van der Waals surface area (Å²) in [6, 6.07) is 12.9. The summed E-state index contributed by atoms with van der Waals surface area (Å²) in [5.74, 6) is -1.04. The summed E-state index contributed by atoms with van der Waals surface area (Å²) in [6.07, 6.45) is 1.04. The van der Waals surface area contributed by atoms with E-state index in [9.17, 15) is 14.7 Å². The highest BCUT2D eigenvalue weighted by atomic mass is 35.5. The van der Waals surface area contributed by atoms with Gasteiger partial charge in [0.05, 0.1) is 7.11 Å². The van der Waals surface area contributed by atoms with E-state index in [2.05, 4.69) is 5.32 Å². The van der Waals surface area contributed by atoms with Crippen LogP contribution in [-0.4, -0.2) is 24.0 Å². The molecule has 0 aliphatic carbocycles. The van der Waals surface area contributed by atoms with Gasteiger partial charge in [-0.2, -0.15) is 0 Å². The average Bonchev–Trinajstić information content (AvgIpc) is 2.56. The van der Waals surface area contributed by atoms with Crippen LogP contribution in [0.15, 0.2) is 60.3 Å². The fraction of sp³-hybridized carbons (Fsp3) is 0.0588. The Hall–Kier alpha value is -2.79. The number of carbonyl (C=O) groups is 2. The minimum Gasteiger partial charge on any atom is -0.497 e. The van der Waals surface area contributed by atoms with E-state index in [1.54, 1.807) is 48.5 Å². The van der Waals surface area contributed by atoms with Crippen LogP contribution >= 0.6 is 11.6 Å². The van der Waals surface area contributed by atoms with Gasteiger partial charge in [0.25, 0.3) is 0 Å². The van der Waals surface area contributed by atoms with Crippen molar-refractivity contribution in [3.63, 3.8) is 0 Å². The molecule has 0 bridgehead atoms. The molecule has 0 saturated heterocycles. The third kappa shape index (κ3) is 4.59. The number of hydrogen-bond donors (Lipinski definition) is 2. The highest BCUT2D eigenvalue weighted by Gasteiger charge is 2.12. The van der Waals surface area contributed by atoms with Gasteiger partial charge in [0.2, 0.25) is 0 Å². The highest BCUT2D eigenvalue weighted by molar-refractivity contribution is 6.30. The molecular weight excluding hydrogens is 318 g/mol. The summed E-state index contributed by atoms with van der Waals surface area (Å²) in [5, 5.41) is 12.5. The van der Waals surface area contributed by atoms with Crippen LogP contribution in [0.5, 0.6) is 5.75 Å². The SMILES string of the molecule is COc1ccc(C(=O)/C=C(/Nc2ccc(Cl)cc2)C(=O)O)cc1. The molecule has 0 radical (unpaired) electrons. The number of carboxylic acids is 1. The van der Waals surface area contributed by atoms with Gasteiger partial charge >= 0.3 is 5.97 Å². The molecule has 5 nitrogen and oxygen atoms in total. The number of anilines is 1. The van der Waals surface area contributed by atoms with Crippen molar-refractivity contribution in [3.05, 3.63) is 70.9 Å². The second kappa shape index (κ2) is 7.47. The van der Waals surface area contributed by atoms with Gasteiger partial charge in [-0.15, -0.1) is 0 Å². The lowest BCUT2D eigenvalue weighted by molar-refractivity contribution is -0.132. The first kappa shape index (κ1) is 16.6. The molecule has 2 aromatic carbocycles. The molecule has 0 spiro atoms. The topological polar surface area (TPSA) is 75.6 Å². The van der Waals surface area contributed by atoms with Gasteiger partial charge in [-0.05, 0) is 48.5 Å². The molecule has 0 aromatic heterocycles. The molecule has 2 aromatic rings. The number of carbonyl (C=O) groups excluding carboxylic acids is 1. The van der Waals surface area contributed by atoms with E-state index < -0.39 is 11.8 Å². The number of ether oxygens (including phenoxy) is 1. The second-order valence-corrected chi connectivity index (χ2v) is 5.02. The van der Waals surface area contributed by atoms with Crippen LogP contribution in [0, 0.1) is 0 Å². The molecule has 0 heterocycles. The van der Waals surface area contributed by atoms with Gasteiger partial charge in [-0.3, -0.25) is 4.79 Å². The van der Waals surface area contributed by atoms with Crippen molar-refractivity contribution in [1.82, 2.24) is 0 Å². The van der Waals surface area contributed by atoms with E-state index >= 15 is 0 Å². The summed E-state index contributed by atoms with van der Waals surface area (Å²) < 4.78 is 5.01. The molecular formula is C17H14ClNO4. The zero-order chi connectivity index (χ0) is 16.8. The molecule has 23 heavy (non-hydrogen) atoms. The van der Waals surface area contributed by atoms with Crippen molar-refractivity contribution >= 4 is 29.0 Å². The Morgan fingerprint density at radius 1 is 1.09 bits per heavy atom. The van der Waals surface area contributed by atoms with Crippen molar-refractivity contribution in [2.24, 2.45) is 0 Å². The number of hydrogen-bond acceptors (Lipinski definition) is 4. The molecule has 0 saturated carbocycles. The number of rotatable bonds is 6. The van der Waals surface area contributed by atoms with Crippen LogP contribution in [0.3, 0.4) is 0 Å². The molecule has 2 N–H and O–H groups in total. The Labute approximate surface area is 138 Å². The summed E-state index contributed by atoms with van der Waals surface area (Å²) in [6.45, 7) is 0. The number of allylic oxidation sites excluding steroid dienone is 1. The zero-order valence-electron chi connectivity index (χ0n) is 12.2. The van der Waals surface area contributed by atoms with Crippen LogP contribution in [0.2, 0.25) is 5.02 Å². The summed E-state index contributed by atoms with van der Waals surface area (Å²) in [5.41, 5.74) is 0.654. The van der Waals surface area contributed by atoms with Crippen LogP contribution in [0.25, 0.3) is 0 Å². The number of carboxylic acid groups (broad SMARTS) is 1. The highest BCUT2D eigenvalue weighted by Crippen LogP contribution is 2.16. The van der Waals surface area contributed by atoms with E-state index in [1.165, 1.54) is 7.11 Å². The lowest BCUT2D eigenvalue weighted by Crippen LogP contribution is -2.12. The van der Waals surface area contributed by atoms with Gasteiger partial charge in [0.15, 0.2) is 5.78 Å². The van der Waals surface area contributed by atoms with Gasteiger partial charge in [-0.1, -0.05) is 11.6 Å². The predicted molar refractivity (Wildman–Crippen MR) is 88.1 cm³/mol. The molecule has 0 aliphatic heterocycles. The molecule has 118 valence electrons. The minimum atomic E-state index is -1.23. The monoisotopic (exact) mass is 331 g/mol. The Morgan fingerprint density at radius 3 is 2.22 bits per heavy atom. The number of ketones is 1. The number of halogens is 1. The number of methoxy groups -OCH3 is 1. The van der Waals surface area contributed by atoms with Crippen molar-refractivity contribution < 1.29 is 19.4 Å². The lowest BCUT2D eigenvalue weighted by Gasteiger charge is -2.07. The molecule has 6 heteroatoms. The zero-order valence-corrected chi connectivity index (χ0v) is 13.0. The third-order valence-corrected chi connectivity index (χ3v) is 3.26. The fourth-order valence-corrected chi connectivity index (χ4v) is 1.94. The smallest absolute Gasteiger partial charge is 0.352 e. The van der Waals surface area contributed by atoms with Crippen LogP contribution in [0.1, 0.15) is 10.4 Å². The average molecular weight is 332 g/mol. The van der Waals surface area contributed by atoms with Gasteiger partial charge in [-0.25, -0.2) is 4.79 Å². The van der Waals surface area contributed by atoms with Gasteiger partial charge < -0.3 is 15.2 Å². The van der Waals surface area contributed by atoms with E-state index in [1.807, 2.05) is 0 Å². The Morgan fingerprint density at radius 2 is 1.70 bits per heavy atom. The predicted octanol–water partition coefficient (Wildman–Crippen LogP) is 3.61. The molecule has 0 atom stereocenters. The van der Waals surface area contributed by atoms with E-state index in [0.717, 1.165) is 6.08 Å². The van der Waals surface area contributed by atoms with Crippen molar-refractivity contribution in [2.45, 2.75) is 0 Å². The maximum absolute atomic E-state index is 12.2. The summed E-state index contributed by atoms with van der Waals surface area (Å²) in [7, 11) is 1.52. The summed E-state index contributed by atoms with van der Waals surface area (Å²) >= 11 is 5.78. The van der Waals surface area contributed by atoms with E-state index in [-0.39, 0.29) is 5.70 Å². The van der Waals surface area contributed by atoms with Gasteiger partial charge in [0, 0.05) is 22.3 Å². The first-order valence-electron chi connectivity index (χ1n) is 6.65. The minimum absolute atomic E-state index is 0.229. The first-order valence-corrected chi connectivity index (χ1v) is 7.03. The Balaban J connectivity index is 2.21. The van der Waals surface area contributed by atoms with E-state index in [0.29, 0.717) is 22.0 Å². The maximum atomic E-state index is 12.2. The molecule has 0 fully saturated rings. The van der Waals surface area contributed by atoms with Gasteiger partial charge in [0.1, 0.15) is 11.4 Å². The Bertz CT molecular complexity index is 736. The summed E-state index contributed by atoms with van der Waals surface area (Å²) in [4.78, 5) is 23.5. The largest absolute Gasteiger partial charge is 0.497 e. The Kier molecular flexibility index (Phi) is 5.38. The van der Waals surface area contributed by atoms with E-state index in [4.69, 9.17) is 16.3 Å². The molecule has 0 amide bonds.